The minimum absolute atomic E-state index is 0.0661. The van der Waals surface area contributed by atoms with Crippen LogP contribution in [-0.2, 0) is 0 Å². The van der Waals surface area contributed by atoms with Crippen molar-refractivity contribution >= 4 is 0 Å². The van der Waals surface area contributed by atoms with E-state index >= 15 is 0 Å². The number of benzene rings is 1. The Morgan fingerprint density at radius 3 is 2.50 bits per heavy atom. The van der Waals surface area contributed by atoms with Crippen molar-refractivity contribution in [2.24, 2.45) is 0 Å². The molecular weight excluding hydrogens is 318 g/mol. The number of aryl methyl sites for hydroxylation is 1. The molecule has 124 valence electrons. The summed E-state index contributed by atoms with van der Waals surface area (Å²) >= 11 is 0. The fourth-order valence-electron chi connectivity index (χ4n) is 2.08. The highest BCUT2D eigenvalue weighted by molar-refractivity contribution is 5.49. The molecule has 0 fully saturated rings. The fraction of sp³-hybridized carbons (Fsp3) is 0.250. The van der Waals surface area contributed by atoms with Crippen LogP contribution in [0.25, 0.3) is 11.5 Å². The predicted molar refractivity (Wildman–Crippen MR) is 80.5 cm³/mol. The van der Waals surface area contributed by atoms with Crippen molar-refractivity contribution in [3.05, 3.63) is 53.7 Å². The Hall–Kier alpha value is -2.90. The highest BCUT2D eigenvalue weighted by atomic mass is 19.3. The lowest BCUT2D eigenvalue weighted by Crippen LogP contribution is -2.05. The van der Waals surface area contributed by atoms with Gasteiger partial charge in [-0.25, -0.2) is 9.97 Å². The van der Waals surface area contributed by atoms with Crippen LogP contribution < -0.4 is 4.74 Å². The van der Waals surface area contributed by atoms with Crippen molar-refractivity contribution in [3.8, 4) is 17.5 Å². The van der Waals surface area contributed by atoms with Gasteiger partial charge in [0, 0.05) is 12.4 Å². The molecule has 6 nitrogen and oxygen atoms in total. The predicted octanol–water partition coefficient (Wildman–Crippen LogP) is 3.91. The number of aromatic nitrogens is 4. The molecule has 8 heteroatoms. The van der Waals surface area contributed by atoms with Crippen LogP contribution in [0.3, 0.4) is 0 Å². The highest BCUT2D eigenvalue weighted by Crippen LogP contribution is 2.24. The molecule has 0 aliphatic heterocycles. The molecule has 0 bridgehead atoms. The van der Waals surface area contributed by atoms with Crippen molar-refractivity contribution < 1.29 is 17.9 Å². The lowest BCUT2D eigenvalue weighted by atomic mass is 10.1. The molecule has 0 N–H and O–H groups in total. The Balaban J connectivity index is 1.72. The Labute approximate surface area is 136 Å². The second-order valence-corrected chi connectivity index (χ2v) is 5.17. The van der Waals surface area contributed by atoms with Gasteiger partial charge in [0.05, 0.1) is 5.56 Å². The highest BCUT2D eigenvalue weighted by Gasteiger charge is 2.17. The molecule has 0 aliphatic carbocycles. The molecule has 0 saturated heterocycles. The van der Waals surface area contributed by atoms with Gasteiger partial charge in [-0.15, -0.1) is 10.2 Å². The van der Waals surface area contributed by atoms with Crippen molar-refractivity contribution in [1.82, 2.24) is 20.2 Å². The summed E-state index contributed by atoms with van der Waals surface area (Å²) in [5.41, 5.74) is 2.47. The van der Waals surface area contributed by atoms with Crippen LogP contribution >= 0.6 is 0 Å². The fourth-order valence-corrected chi connectivity index (χ4v) is 2.08. The van der Waals surface area contributed by atoms with Gasteiger partial charge in [0.1, 0.15) is 6.10 Å². The number of alkyl halides is 2. The van der Waals surface area contributed by atoms with E-state index in [0.717, 1.165) is 11.1 Å². The molecule has 0 radical (unpaired) electrons. The monoisotopic (exact) mass is 332 g/mol. The maximum absolute atomic E-state index is 12.4. The van der Waals surface area contributed by atoms with Crippen LogP contribution in [0.1, 0.15) is 36.5 Å². The zero-order valence-corrected chi connectivity index (χ0v) is 13.0. The van der Waals surface area contributed by atoms with E-state index in [1.54, 1.807) is 0 Å². The lowest BCUT2D eigenvalue weighted by Gasteiger charge is -2.13. The van der Waals surface area contributed by atoms with Crippen LogP contribution in [0.2, 0.25) is 0 Å². The molecular formula is C16H14F2N4O2. The van der Waals surface area contributed by atoms with Gasteiger partial charge in [-0.1, -0.05) is 29.8 Å². The van der Waals surface area contributed by atoms with Crippen LogP contribution in [0.15, 0.2) is 41.1 Å². The van der Waals surface area contributed by atoms with Crippen molar-refractivity contribution in [1.29, 1.82) is 0 Å². The number of nitrogens with zero attached hydrogens (tertiary/aromatic N) is 4. The van der Waals surface area contributed by atoms with Crippen LogP contribution in [0.4, 0.5) is 8.78 Å². The molecule has 1 unspecified atom stereocenters. The van der Waals surface area contributed by atoms with E-state index in [0.29, 0.717) is 5.56 Å². The van der Waals surface area contributed by atoms with Crippen LogP contribution in [0, 0.1) is 6.92 Å². The molecule has 2 aromatic heterocycles. The summed E-state index contributed by atoms with van der Waals surface area (Å²) in [6.07, 6.45) is -0.281. The summed E-state index contributed by atoms with van der Waals surface area (Å²) in [4.78, 5) is 8.10. The Bertz CT molecular complexity index is 821. The molecule has 1 aromatic carbocycles. The van der Waals surface area contributed by atoms with E-state index in [1.807, 2.05) is 38.1 Å². The van der Waals surface area contributed by atoms with E-state index < -0.39 is 12.3 Å². The number of halogens is 2. The summed E-state index contributed by atoms with van der Waals surface area (Å²) in [5.74, 6) is -0.804. The Morgan fingerprint density at radius 2 is 1.88 bits per heavy atom. The summed E-state index contributed by atoms with van der Waals surface area (Å²) in [5, 5.41) is 6.80. The summed E-state index contributed by atoms with van der Waals surface area (Å²) in [6, 6.07) is 8.09. The first kappa shape index (κ1) is 16.0. The Kier molecular flexibility index (Phi) is 4.45. The van der Waals surface area contributed by atoms with Gasteiger partial charge in [0.2, 0.25) is 0 Å². The maximum atomic E-state index is 12.4. The average Bonchev–Trinajstić information content (AvgIpc) is 3.06. The van der Waals surface area contributed by atoms with Crippen LogP contribution in [-0.4, -0.2) is 20.2 Å². The minimum atomic E-state index is -2.81. The van der Waals surface area contributed by atoms with E-state index in [-0.39, 0.29) is 18.0 Å². The third-order valence-electron chi connectivity index (χ3n) is 3.30. The van der Waals surface area contributed by atoms with Crippen molar-refractivity contribution in [3.63, 3.8) is 0 Å². The van der Waals surface area contributed by atoms with E-state index in [4.69, 9.17) is 9.15 Å². The second-order valence-electron chi connectivity index (χ2n) is 5.17. The van der Waals surface area contributed by atoms with Crippen molar-refractivity contribution in [2.75, 3.05) is 0 Å². The number of hydrogen-bond acceptors (Lipinski definition) is 6. The number of rotatable bonds is 5. The van der Waals surface area contributed by atoms with Crippen LogP contribution in [0.5, 0.6) is 6.01 Å². The lowest BCUT2D eigenvalue weighted by molar-refractivity contribution is 0.116. The Morgan fingerprint density at radius 1 is 1.12 bits per heavy atom. The quantitative estimate of drug-likeness (QED) is 0.705. The number of ether oxygens (including phenoxy) is 1. The van der Waals surface area contributed by atoms with Gasteiger partial charge in [0.15, 0.2) is 0 Å². The largest absolute Gasteiger partial charge is 0.456 e. The second kappa shape index (κ2) is 6.69. The molecule has 2 heterocycles. The first-order valence-corrected chi connectivity index (χ1v) is 7.20. The molecule has 0 saturated carbocycles. The van der Waals surface area contributed by atoms with Gasteiger partial charge in [-0.2, -0.15) is 8.78 Å². The molecule has 0 spiro atoms. The number of hydrogen-bond donors (Lipinski definition) is 0. The molecule has 0 aliphatic rings. The normalized spacial score (nSPS) is 12.4. The summed E-state index contributed by atoms with van der Waals surface area (Å²) in [7, 11) is 0. The van der Waals surface area contributed by atoms with E-state index in [9.17, 15) is 8.78 Å². The molecule has 24 heavy (non-hydrogen) atoms. The first-order valence-electron chi connectivity index (χ1n) is 7.20. The average molecular weight is 332 g/mol. The van der Waals surface area contributed by atoms with E-state index in [1.165, 1.54) is 12.4 Å². The zero-order valence-electron chi connectivity index (χ0n) is 13.0. The summed E-state index contributed by atoms with van der Waals surface area (Å²) in [6.45, 7) is 3.89. The van der Waals surface area contributed by atoms with Gasteiger partial charge < -0.3 is 9.15 Å². The first-order chi connectivity index (χ1) is 11.5. The molecule has 3 aromatic rings. The van der Waals surface area contributed by atoms with E-state index in [2.05, 4.69) is 20.2 Å². The molecule has 1 atom stereocenters. The van der Waals surface area contributed by atoms with Gasteiger partial charge in [0.25, 0.3) is 11.8 Å². The topological polar surface area (TPSA) is 73.9 Å². The minimum Gasteiger partial charge on any atom is -0.456 e. The van der Waals surface area contributed by atoms with Gasteiger partial charge >= 0.3 is 12.4 Å². The molecule has 0 amide bonds. The smallest absolute Gasteiger partial charge is 0.316 e. The maximum Gasteiger partial charge on any atom is 0.316 e. The van der Waals surface area contributed by atoms with Gasteiger partial charge in [-0.3, -0.25) is 0 Å². The van der Waals surface area contributed by atoms with Gasteiger partial charge in [-0.05, 0) is 19.4 Å². The standard InChI is InChI=1S/C16H14F2N4O2/c1-9-4-3-5-11(6-9)10(2)23-16-19-7-12(8-20-16)14-21-22-15(24-14)13(17)18/h3-8,10,13H,1-2H3. The third kappa shape index (κ3) is 3.53. The third-order valence-corrected chi connectivity index (χ3v) is 3.30. The zero-order chi connectivity index (χ0) is 17.1. The molecule has 3 rings (SSSR count). The summed E-state index contributed by atoms with van der Waals surface area (Å²) < 4.78 is 35.4. The SMILES string of the molecule is Cc1cccc(C(C)Oc2ncc(-c3nnc(C(F)F)o3)cn2)c1. The van der Waals surface area contributed by atoms with Crippen molar-refractivity contribution in [2.45, 2.75) is 26.4 Å².